The van der Waals surface area contributed by atoms with Crippen molar-refractivity contribution in [3.8, 4) is 11.8 Å². The van der Waals surface area contributed by atoms with Crippen molar-refractivity contribution in [3.05, 3.63) is 90.0 Å². The summed E-state index contributed by atoms with van der Waals surface area (Å²) < 4.78 is 20.7. The second kappa shape index (κ2) is 8.00. The van der Waals surface area contributed by atoms with E-state index in [-0.39, 0.29) is 5.82 Å². The second-order valence-corrected chi connectivity index (χ2v) is 7.37. The van der Waals surface area contributed by atoms with Crippen molar-refractivity contribution >= 4 is 33.2 Å². The highest BCUT2D eigenvalue weighted by Gasteiger charge is 2.12. The molecule has 2 aromatic heterocycles. The van der Waals surface area contributed by atoms with Crippen LogP contribution in [-0.4, -0.2) is 21.9 Å². The topological polar surface area (TPSA) is 75.8 Å². The number of hydrogen-bond acceptors (Lipinski definition) is 5. The lowest BCUT2D eigenvalue weighted by Crippen LogP contribution is -2.01. The molecule has 6 nitrogen and oxygen atoms in total. The Morgan fingerprint density at radius 3 is 2.81 bits per heavy atom. The molecule has 7 heteroatoms. The summed E-state index contributed by atoms with van der Waals surface area (Å²) in [6.07, 6.45) is 3.34. The second-order valence-electron chi connectivity index (χ2n) is 7.37. The Kier molecular flexibility index (Phi) is 4.88. The van der Waals surface area contributed by atoms with Gasteiger partial charge in [-0.05, 0) is 54.1 Å². The maximum Gasteiger partial charge on any atom is 0.123 e. The number of anilines is 2. The first-order valence-electron chi connectivity index (χ1n) is 9.98. The first kappa shape index (κ1) is 19.5. The van der Waals surface area contributed by atoms with Gasteiger partial charge in [-0.3, -0.25) is 9.67 Å². The number of halogens is 1. The summed E-state index contributed by atoms with van der Waals surface area (Å²) >= 11 is 0. The van der Waals surface area contributed by atoms with Crippen molar-refractivity contribution in [2.75, 3.05) is 12.4 Å². The molecule has 0 radical (unpaired) electrons. The molecule has 3 aromatic carbocycles. The van der Waals surface area contributed by atoms with E-state index in [0.717, 1.165) is 33.1 Å². The summed E-state index contributed by atoms with van der Waals surface area (Å²) in [7, 11) is 1.60. The third-order valence-corrected chi connectivity index (χ3v) is 5.33. The molecule has 156 valence electrons. The quantitative estimate of drug-likeness (QED) is 0.410. The summed E-state index contributed by atoms with van der Waals surface area (Å²) in [5.41, 5.74) is 4.45. The molecule has 0 atom stereocenters. The Labute approximate surface area is 183 Å². The largest absolute Gasteiger partial charge is 0.497 e. The van der Waals surface area contributed by atoms with Crippen LogP contribution in [0.3, 0.4) is 0 Å². The van der Waals surface area contributed by atoms with Crippen molar-refractivity contribution in [2.45, 2.75) is 6.54 Å². The van der Waals surface area contributed by atoms with Gasteiger partial charge in [0.1, 0.15) is 17.6 Å². The van der Waals surface area contributed by atoms with Crippen LogP contribution in [0, 0.1) is 17.1 Å². The van der Waals surface area contributed by atoms with Crippen LogP contribution in [0.15, 0.2) is 73.1 Å². The van der Waals surface area contributed by atoms with Gasteiger partial charge in [0.25, 0.3) is 0 Å². The van der Waals surface area contributed by atoms with E-state index in [9.17, 15) is 9.65 Å². The van der Waals surface area contributed by atoms with Gasteiger partial charge in [-0.25, -0.2) is 4.39 Å². The summed E-state index contributed by atoms with van der Waals surface area (Å²) in [6.45, 7) is 0.474. The first-order valence-corrected chi connectivity index (χ1v) is 9.98. The molecule has 0 spiro atoms. The number of hydrogen-bond donors (Lipinski definition) is 1. The van der Waals surface area contributed by atoms with E-state index in [4.69, 9.17) is 4.74 Å². The van der Waals surface area contributed by atoms with Gasteiger partial charge < -0.3 is 10.1 Å². The monoisotopic (exact) mass is 423 g/mol. The third-order valence-electron chi connectivity index (χ3n) is 5.33. The number of nitrogens with one attached hydrogen (secondary N) is 1. The molecule has 5 aromatic rings. The van der Waals surface area contributed by atoms with Crippen LogP contribution < -0.4 is 10.1 Å². The SMILES string of the molecule is COc1ccc2ncc(C#N)c(Nc3ccc4c(cnn4Cc4cccc(F)c4)c3)c2c1. The molecular formula is C25H18FN5O. The molecule has 1 N–H and O–H groups in total. The van der Waals surface area contributed by atoms with E-state index in [0.29, 0.717) is 23.5 Å². The number of rotatable bonds is 5. The molecule has 0 aliphatic heterocycles. The molecule has 0 fully saturated rings. The van der Waals surface area contributed by atoms with Gasteiger partial charge in [0.2, 0.25) is 0 Å². The summed E-state index contributed by atoms with van der Waals surface area (Å²) in [4.78, 5) is 4.37. The average Bonchev–Trinajstić information content (AvgIpc) is 3.21. The number of ether oxygens (including phenoxy) is 1. The molecule has 0 saturated heterocycles. The fourth-order valence-electron chi connectivity index (χ4n) is 3.76. The van der Waals surface area contributed by atoms with Crippen LogP contribution in [0.2, 0.25) is 0 Å². The molecule has 5 rings (SSSR count). The predicted octanol–water partition coefficient (Wildman–Crippen LogP) is 5.40. The van der Waals surface area contributed by atoms with E-state index in [1.165, 1.54) is 12.1 Å². The minimum atomic E-state index is -0.264. The fourth-order valence-corrected chi connectivity index (χ4v) is 3.76. The zero-order chi connectivity index (χ0) is 22.1. The Bertz CT molecular complexity index is 1500. The Morgan fingerprint density at radius 2 is 2.00 bits per heavy atom. The standard InChI is InChI=1S/C25H18FN5O/c1-32-21-6-7-23-22(11-21)25(18(12-27)13-28-23)30-20-5-8-24-17(10-20)14-29-31(24)15-16-3-2-4-19(26)9-16/h2-11,13-14H,15H2,1H3,(H,28,30). The number of pyridine rings is 1. The van der Waals surface area contributed by atoms with E-state index in [1.54, 1.807) is 25.6 Å². The maximum absolute atomic E-state index is 13.5. The number of methoxy groups -OCH3 is 1. The zero-order valence-electron chi connectivity index (χ0n) is 17.2. The van der Waals surface area contributed by atoms with Crippen molar-refractivity contribution in [2.24, 2.45) is 0 Å². The molecule has 32 heavy (non-hydrogen) atoms. The molecule has 0 amide bonds. The number of nitrogens with zero attached hydrogens (tertiary/aromatic N) is 4. The van der Waals surface area contributed by atoms with E-state index >= 15 is 0 Å². The number of aromatic nitrogens is 3. The number of fused-ring (bicyclic) bond motifs is 2. The third kappa shape index (κ3) is 3.59. The van der Waals surface area contributed by atoms with Gasteiger partial charge in [0.05, 0.1) is 42.1 Å². The van der Waals surface area contributed by atoms with Crippen molar-refractivity contribution in [3.63, 3.8) is 0 Å². The summed E-state index contributed by atoms with van der Waals surface area (Å²) in [5.74, 6) is 0.423. The summed E-state index contributed by atoms with van der Waals surface area (Å²) in [6, 6.07) is 20.1. The molecular weight excluding hydrogens is 405 g/mol. The Morgan fingerprint density at radius 1 is 1.09 bits per heavy atom. The van der Waals surface area contributed by atoms with Crippen LogP contribution in [0.4, 0.5) is 15.8 Å². The van der Waals surface area contributed by atoms with Gasteiger partial charge >= 0.3 is 0 Å². The highest BCUT2D eigenvalue weighted by atomic mass is 19.1. The minimum Gasteiger partial charge on any atom is -0.497 e. The van der Waals surface area contributed by atoms with Gasteiger partial charge in [0, 0.05) is 22.7 Å². The number of benzene rings is 3. The lowest BCUT2D eigenvalue weighted by atomic mass is 10.1. The van der Waals surface area contributed by atoms with Crippen molar-refractivity contribution in [1.29, 1.82) is 5.26 Å². The lowest BCUT2D eigenvalue weighted by molar-refractivity contribution is 0.415. The lowest BCUT2D eigenvalue weighted by Gasteiger charge is -2.13. The van der Waals surface area contributed by atoms with Crippen LogP contribution >= 0.6 is 0 Å². The molecule has 0 bridgehead atoms. The first-order chi connectivity index (χ1) is 15.6. The van der Waals surface area contributed by atoms with Crippen LogP contribution in [0.5, 0.6) is 5.75 Å². The molecule has 2 heterocycles. The Balaban J connectivity index is 1.51. The van der Waals surface area contributed by atoms with E-state index < -0.39 is 0 Å². The van der Waals surface area contributed by atoms with Crippen molar-refractivity contribution in [1.82, 2.24) is 14.8 Å². The normalized spacial score (nSPS) is 10.9. The highest BCUT2D eigenvalue weighted by Crippen LogP contribution is 2.32. The fraction of sp³-hybridized carbons (Fsp3) is 0.0800. The van der Waals surface area contributed by atoms with Gasteiger partial charge in [-0.15, -0.1) is 0 Å². The van der Waals surface area contributed by atoms with Gasteiger partial charge in [0.15, 0.2) is 0 Å². The van der Waals surface area contributed by atoms with Crippen LogP contribution in [-0.2, 0) is 6.54 Å². The molecule has 0 aliphatic rings. The average molecular weight is 423 g/mol. The van der Waals surface area contributed by atoms with Crippen LogP contribution in [0.1, 0.15) is 11.1 Å². The van der Waals surface area contributed by atoms with Crippen molar-refractivity contribution < 1.29 is 9.13 Å². The highest BCUT2D eigenvalue weighted by molar-refractivity contribution is 5.97. The smallest absolute Gasteiger partial charge is 0.123 e. The number of nitriles is 1. The minimum absolute atomic E-state index is 0.264. The molecule has 0 aliphatic carbocycles. The van der Waals surface area contributed by atoms with Gasteiger partial charge in [-0.1, -0.05) is 12.1 Å². The van der Waals surface area contributed by atoms with Gasteiger partial charge in [-0.2, -0.15) is 10.4 Å². The Hall–Kier alpha value is -4.44. The van der Waals surface area contributed by atoms with E-state index in [1.807, 2.05) is 47.1 Å². The zero-order valence-corrected chi connectivity index (χ0v) is 17.2. The molecule has 0 saturated carbocycles. The maximum atomic E-state index is 13.5. The molecule has 0 unspecified atom stereocenters. The summed E-state index contributed by atoms with van der Waals surface area (Å²) in [5, 5.41) is 19.2. The van der Waals surface area contributed by atoms with Crippen LogP contribution in [0.25, 0.3) is 21.8 Å². The predicted molar refractivity (Wildman–Crippen MR) is 122 cm³/mol. The van der Waals surface area contributed by atoms with E-state index in [2.05, 4.69) is 21.5 Å².